The summed E-state index contributed by atoms with van der Waals surface area (Å²) in [4.78, 5) is 16.4. The standard InChI is InChI=1S/C21H23FN3O3P/c1-12-6-18(27-3)13(2)5-17(12)23-21-24-20(26)19(28-4)11-25(21)10-14-7-15(22)9-16(29)8-14/h5-9,11H,10,29H2,1-4H3,(H,23,24,26). The minimum Gasteiger partial charge on any atom is -0.496 e. The van der Waals surface area contributed by atoms with E-state index in [1.54, 1.807) is 17.9 Å². The normalized spacial score (nSPS) is 10.7. The molecule has 152 valence electrons. The number of anilines is 2. The van der Waals surface area contributed by atoms with Gasteiger partial charge in [-0.2, -0.15) is 4.98 Å². The summed E-state index contributed by atoms with van der Waals surface area (Å²) in [6.45, 7) is 4.17. The number of benzene rings is 2. The lowest BCUT2D eigenvalue weighted by molar-refractivity contribution is 0.402. The highest BCUT2D eigenvalue weighted by atomic mass is 31.0. The van der Waals surface area contributed by atoms with Gasteiger partial charge in [-0.3, -0.25) is 4.79 Å². The van der Waals surface area contributed by atoms with E-state index in [1.165, 1.54) is 19.2 Å². The molecule has 6 nitrogen and oxygen atoms in total. The summed E-state index contributed by atoms with van der Waals surface area (Å²) in [6.07, 6.45) is 1.57. The minimum absolute atomic E-state index is 0.112. The van der Waals surface area contributed by atoms with Gasteiger partial charge in [0.1, 0.15) is 11.6 Å². The molecule has 3 aromatic rings. The first kappa shape index (κ1) is 20.8. The van der Waals surface area contributed by atoms with Gasteiger partial charge >= 0.3 is 5.56 Å². The van der Waals surface area contributed by atoms with Crippen LogP contribution in [0.25, 0.3) is 0 Å². The first-order valence-corrected chi connectivity index (χ1v) is 9.51. The predicted molar refractivity (Wildman–Crippen MR) is 116 cm³/mol. The Morgan fingerprint density at radius 2 is 1.79 bits per heavy atom. The lowest BCUT2D eigenvalue weighted by atomic mass is 10.1. The Kier molecular flexibility index (Phi) is 6.18. The fourth-order valence-corrected chi connectivity index (χ4v) is 3.44. The number of aryl methyl sites for hydroxylation is 2. The summed E-state index contributed by atoms with van der Waals surface area (Å²) in [5.41, 5.74) is 2.91. The van der Waals surface area contributed by atoms with E-state index in [-0.39, 0.29) is 11.6 Å². The van der Waals surface area contributed by atoms with E-state index in [9.17, 15) is 9.18 Å². The van der Waals surface area contributed by atoms with Crippen LogP contribution in [0.3, 0.4) is 0 Å². The molecule has 0 saturated carbocycles. The van der Waals surface area contributed by atoms with Crippen LogP contribution in [0.15, 0.2) is 41.3 Å². The van der Waals surface area contributed by atoms with E-state index in [0.717, 1.165) is 33.4 Å². The molecule has 1 atom stereocenters. The zero-order valence-electron chi connectivity index (χ0n) is 16.7. The quantitative estimate of drug-likeness (QED) is 0.626. The molecule has 0 fully saturated rings. The van der Waals surface area contributed by atoms with Crippen molar-refractivity contribution in [3.05, 3.63) is 69.4 Å². The van der Waals surface area contributed by atoms with Gasteiger partial charge in [0.15, 0.2) is 0 Å². The van der Waals surface area contributed by atoms with E-state index >= 15 is 0 Å². The lowest BCUT2D eigenvalue weighted by Crippen LogP contribution is -2.19. The van der Waals surface area contributed by atoms with Crippen LogP contribution in [-0.4, -0.2) is 23.8 Å². The van der Waals surface area contributed by atoms with E-state index < -0.39 is 5.56 Å². The molecule has 0 aliphatic rings. The van der Waals surface area contributed by atoms with Crippen LogP contribution >= 0.6 is 9.24 Å². The number of rotatable bonds is 6. The van der Waals surface area contributed by atoms with E-state index in [0.29, 0.717) is 12.5 Å². The first-order valence-electron chi connectivity index (χ1n) is 8.93. The molecule has 1 unspecified atom stereocenters. The monoisotopic (exact) mass is 415 g/mol. The Morgan fingerprint density at radius 1 is 1.07 bits per heavy atom. The number of halogens is 1. The number of nitrogens with zero attached hydrogens (tertiary/aromatic N) is 2. The largest absolute Gasteiger partial charge is 0.496 e. The summed E-state index contributed by atoms with van der Waals surface area (Å²) in [5.74, 6) is 0.893. The second-order valence-electron chi connectivity index (χ2n) is 6.72. The number of aromatic nitrogens is 2. The van der Waals surface area contributed by atoms with Gasteiger partial charge in [-0.15, -0.1) is 9.24 Å². The first-order chi connectivity index (χ1) is 13.8. The highest BCUT2D eigenvalue weighted by molar-refractivity contribution is 7.27. The molecule has 0 bridgehead atoms. The molecule has 29 heavy (non-hydrogen) atoms. The van der Waals surface area contributed by atoms with Crippen molar-refractivity contribution in [3.8, 4) is 11.5 Å². The van der Waals surface area contributed by atoms with Gasteiger partial charge in [-0.25, -0.2) is 4.39 Å². The number of nitrogens with one attached hydrogen (secondary N) is 1. The topological polar surface area (TPSA) is 65.4 Å². The van der Waals surface area contributed by atoms with Gasteiger partial charge < -0.3 is 19.4 Å². The molecule has 0 radical (unpaired) electrons. The summed E-state index contributed by atoms with van der Waals surface area (Å²) in [6, 6.07) is 8.57. The van der Waals surface area contributed by atoms with Crippen LogP contribution < -0.4 is 25.7 Å². The van der Waals surface area contributed by atoms with Crippen molar-refractivity contribution in [2.75, 3.05) is 19.5 Å². The highest BCUT2D eigenvalue weighted by Gasteiger charge is 2.13. The number of ether oxygens (including phenoxy) is 2. The number of methoxy groups -OCH3 is 2. The van der Waals surface area contributed by atoms with Crippen molar-refractivity contribution in [2.24, 2.45) is 0 Å². The second kappa shape index (κ2) is 8.62. The molecular formula is C21H23FN3O3P. The minimum atomic E-state index is -0.486. The Hall–Kier alpha value is -2.92. The Morgan fingerprint density at radius 3 is 2.45 bits per heavy atom. The van der Waals surface area contributed by atoms with Crippen molar-refractivity contribution in [2.45, 2.75) is 20.4 Å². The van der Waals surface area contributed by atoms with Crippen molar-refractivity contribution in [1.29, 1.82) is 0 Å². The van der Waals surface area contributed by atoms with E-state index in [1.807, 2.05) is 32.0 Å². The van der Waals surface area contributed by atoms with Crippen LogP contribution in [0.5, 0.6) is 11.5 Å². The molecule has 0 aliphatic heterocycles. The van der Waals surface area contributed by atoms with Crippen molar-refractivity contribution in [1.82, 2.24) is 9.55 Å². The van der Waals surface area contributed by atoms with Gasteiger partial charge in [0.2, 0.25) is 11.7 Å². The molecule has 1 heterocycles. The Bertz CT molecular complexity index is 1090. The maximum Gasteiger partial charge on any atom is 0.316 e. The maximum absolute atomic E-state index is 13.8. The molecule has 3 rings (SSSR count). The molecule has 0 spiro atoms. The molecule has 1 N–H and O–H groups in total. The smallest absolute Gasteiger partial charge is 0.316 e. The van der Waals surface area contributed by atoms with Gasteiger partial charge in [-0.1, -0.05) is 0 Å². The molecule has 0 amide bonds. The summed E-state index contributed by atoms with van der Waals surface area (Å²) in [5, 5.41) is 3.95. The average molecular weight is 415 g/mol. The molecule has 0 saturated heterocycles. The second-order valence-corrected chi connectivity index (χ2v) is 7.39. The zero-order valence-corrected chi connectivity index (χ0v) is 17.9. The predicted octanol–water partition coefficient (Wildman–Crippen LogP) is 3.31. The van der Waals surface area contributed by atoms with Crippen LogP contribution in [-0.2, 0) is 6.54 Å². The maximum atomic E-state index is 13.8. The fourth-order valence-electron chi connectivity index (χ4n) is 3.06. The summed E-state index contributed by atoms with van der Waals surface area (Å²) >= 11 is 0. The van der Waals surface area contributed by atoms with Crippen LogP contribution in [0.4, 0.5) is 16.0 Å². The van der Waals surface area contributed by atoms with Crippen molar-refractivity contribution < 1.29 is 13.9 Å². The van der Waals surface area contributed by atoms with Gasteiger partial charge in [0, 0.05) is 5.69 Å². The lowest BCUT2D eigenvalue weighted by Gasteiger charge is -2.18. The van der Waals surface area contributed by atoms with Crippen molar-refractivity contribution in [3.63, 3.8) is 0 Å². The molecule has 2 aromatic carbocycles. The fraction of sp³-hybridized carbons (Fsp3) is 0.238. The van der Waals surface area contributed by atoms with Gasteiger partial charge in [0.05, 0.1) is 27.0 Å². The molecule has 1 aromatic heterocycles. The average Bonchev–Trinajstić information content (AvgIpc) is 2.65. The van der Waals surface area contributed by atoms with E-state index in [4.69, 9.17) is 9.47 Å². The van der Waals surface area contributed by atoms with Gasteiger partial charge in [-0.05, 0) is 66.2 Å². The summed E-state index contributed by atoms with van der Waals surface area (Å²) < 4.78 is 26.0. The number of hydrogen-bond donors (Lipinski definition) is 1. The number of hydrogen-bond acceptors (Lipinski definition) is 5. The molecule has 8 heteroatoms. The summed E-state index contributed by atoms with van der Waals surface area (Å²) in [7, 11) is 5.52. The third-order valence-corrected chi connectivity index (χ3v) is 4.84. The molecular weight excluding hydrogens is 392 g/mol. The van der Waals surface area contributed by atoms with Crippen LogP contribution in [0, 0.1) is 19.7 Å². The highest BCUT2D eigenvalue weighted by Crippen LogP contribution is 2.28. The van der Waals surface area contributed by atoms with Crippen molar-refractivity contribution >= 4 is 26.2 Å². The third kappa shape index (κ3) is 4.74. The Balaban J connectivity index is 2.05. The van der Waals surface area contributed by atoms with Gasteiger partial charge in [0.25, 0.3) is 0 Å². The van der Waals surface area contributed by atoms with E-state index in [2.05, 4.69) is 19.5 Å². The third-order valence-electron chi connectivity index (χ3n) is 4.50. The van der Waals surface area contributed by atoms with Crippen LogP contribution in [0.2, 0.25) is 0 Å². The zero-order chi connectivity index (χ0) is 21.1. The Labute approximate surface area is 170 Å². The molecule has 0 aliphatic carbocycles. The van der Waals surface area contributed by atoms with Crippen LogP contribution in [0.1, 0.15) is 16.7 Å². The SMILES string of the molecule is COc1cc(C)c(Nc2nc(=O)c(OC)cn2Cc2cc(F)cc(P)c2)cc1C.